The number of carbonyl (C=O) groups is 1. The van der Waals surface area contributed by atoms with Crippen LogP contribution in [0.3, 0.4) is 0 Å². The summed E-state index contributed by atoms with van der Waals surface area (Å²) in [6.07, 6.45) is 2.09. The number of aromatic hydroxyl groups is 2. The highest BCUT2D eigenvalue weighted by Crippen LogP contribution is 2.29. The molecule has 0 aliphatic carbocycles. The van der Waals surface area contributed by atoms with Gasteiger partial charge in [-0.05, 0) is 41.8 Å². The van der Waals surface area contributed by atoms with Crippen molar-refractivity contribution in [2.45, 2.75) is 19.3 Å². The summed E-state index contributed by atoms with van der Waals surface area (Å²) < 4.78 is 4.14. The maximum atomic E-state index is 9.84. The monoisotopic (exact) mass is 314 g/mol. The molecule has 0 saturated carbocycles. The minimum absolute atomic E-state index is 0.286. The molecule has 4 heteroatoms. The molecule has 23 heavy (non-hydrogen) atoms. The van der Waals surface area contributed by atoms with Gasteiger partial charge in [0.15, 0.2) is 0 Å². The van der Waals surface area contributed by atoms with Gasteiger partial charge in [-0.3, -0.25) is 0 Å². The fourth-order valence-electron chi connectivity index (χ4n) is 2.16. The second-order valence-electron chi connectivity index (χ2n) is 4.87. The number of esters is 1. The first-order chi connectivity index (χ1) is 11.0. The number of ether oxygens (including phenoxy) is 1. The van der Waals surface area contributed by atoms with Crippen molar-refractivity contribution in [1.29, 1.82) is 0 Å². The van der Waals surface area contributed by atoms with E-state index < -0.39 is 5.97 Å². The Morgan fingerprint density at radius 2 is 1.43 bits per heavy atom. The Balaban J connectivity index is 0.000000379. The van der Waals surface area contributed by atoms with Crippen molar-refractivity contribution in [3.63, 3.8) is 0 Å². The van der Waals surface area contributed by atoms with E-state index in [2.05, 4.69) is 18.2 Å². The van der Waals surface area contributed by atoms with Crippen LogP contribution < -0.4 is 0 Å². The normalized spacial score (nSPS) is 9.70. The lowest BCUT2D eigenvalue weighted by Gasteiger charge is -2.16. The molecule has 0 bridgehead atoms. The van der Waals surface area contributed by atoms with Crippen LogP contribution >= 0.6 is 0 Å². The smallest absolute Gasteiger partial charge is 0.329 e. The number of methoxy groups -OCH3 is 1. The highest BCUT2D eigenvalue weighted by atomic mass is 16.5. The topological polar surface area (TPSA) is 66.8 Å². The summed E-state index contributed by atoms with van der Waals surface area (Å²) in [7, 11) is 1.31. The van der Waals surface area contributed by atoms with Crippen molar-refractivity contribution >= 4 is 5.97 Å². The zero-order valence-electron chi connectivity index (χ0n) is 13.4. The molecule has 0 spiro atoms. The SMILES string of the molecule is C=CC(=O)OC.CCC(c1ccc(O)cc1)c1ccc(O)cc1. The predicted octanol–water partition coefficient (Wildman–Crippen LogP) is 3.99. The molecule has 0 fully saturated rings. The number of carbonyl (C=O) groups excluding carboxylic acids is 1. The number of phenolic OH excluding ortho intramolecular Hbond substituents is 2. The van der Waals surface area contributed by atoms with Crippen LogP contribution in [0.15, 0.2) is 61.2 Å². The summed E-state index contributed by atoms with van der Waals surface area (Å²) in [5, 5.41) is 18.6. The third-order valence-corrected chi connectivity index (χ3v) is 3.37. The first-order valence-corrected chi connectivity index (χ1v) is 7.30. The van der Waals surface area contributed by atoms with Gasteiger partial charge in [-0.2, -0.15) is 0 Å². The molecule has 122 valence electrons. The molecule has 0 aromatic heterocycles. The molecule has 2 N–H and O–H groups in total. The molecule has 2 aromatic carbocycles. The van der Waals surface area contributed by atoms with Crippen molar-refractivity contribution in [2.24, 2.45) is 0 Å². The van der Waals surface area contributed by atoms with E-state index in [4.69, 9.17) is 0 Å². The van der Waals surface area contributed by atoms with Gasteiger partial charge in [0.1, 0.15) is 11.5 Å². The first-order valence-electron chi connectivity index (χ1n) is 7.30. The lowest BCUT2D eigenvalue weighted by molar-refractivity contribution is -0.134. The molecular weight excluding hydrogens is 292 g/mol. The Kier molecular flexibility index (Phi) is 7.40. The number of hydrogen-bond donors (Lipinski definition) is 2. The van der Waals surface area contributed by atoms with Crippen LogP contribution in [0.4, 0.5) is 0 Å². The fourth-order valence-corrected chi connectivity index (χ4v) is 2.16. The van der Waals surface area contributed by atoms with Crippen LogP contribution in [0, 0.1) is 0 Å². The van der Waals surface area contributed by atoms with E-state index in [0.717, 1.165) is 12.5 Å². The van der Waals surface area contributed by atoms with Crippen molar-refractivity contribution in [1.82, 2.24) is 0 Å². The number of benzene rings is 2. The van der Waals surface area contributed by atoms with Crippen LogP contribution in [0.25, 0.3) is 0 Å². The van der Waals surface area contributed by atoms with Gasteiger partial charge >= 0.3 is 5.97 Å². The molecule has 0 radical (unpaired) electrons. The van der Waals surface area contributed by atoms with Crippen LogP contribution in [0.5, 0.6) is 11.5 Å². The molecule has 0 amide bonds. The van der Waals surface area contributed by atoms with Crippen LogP contribution in [-0.4, -0.2) is 23.3 Å². The minimum Gasteiger partial charge on any atom is -0.508 e. The fraction of sp³-hybridized carbons (Fsp3) is 0.211. The van der Waals surface area contributed by atoms with Gasteiger partial charge in [0.05, 0.1) is 7.11 Å². The van der Waals surface area contributed by atoms with E-state index in [0.29, 0.717) is 5.92 Å². The second kappa shape index (κ2) is 9.30. The Hall–Kier alpha value is -2.75. The van der Waals surface area contributed by atoms with Crippen LogP contribution in [-0.2, 0) is 9.53 Å². The third kappa shape index (κ3) is 5.87. The molecule has 4 nitrogen and oxygen atoms in total. The Bertz CT molecular complexity index is 569. The van der Waals surface area contributed by atoms with Gasteiger partial charge in [0.2, 0.25) is 0 Å². The number of hydrogen-bond acceptors (Lipinski definition) is 4. The Labute approximate surface area is 136 Å². The molecule has 0 aliphatic rings. The average molecular weight is 314 g/mol. The van der Waals surface area contributed by atoms with E-state index in [-0.39, 0.29) is 11.5 Å². The van der Waals surface area contributed by atoms with Gasteiger partial charge in [-0.15, -0.1) is 0 Å². The van der Waals surface area contributed by atoms with Gasteiger partial charge in [-0.1, -0.05) is 37.8 Å². The van der Waals surface area contributed by atoms with Crippen molar-refractivity contribution in [3.05, 3.63) is 72.3 Å². The quantitative estimate of drug-likeness (QED) is 0.661. The molecule has 0 aliphatic heterocycles. The molecule has 2 rings (SSSR count). The van der Waals surface area contributed by atoms with Gasteiger partial charge in [-0.25, -0.2) is 4.79 Å². The van der Waals surface area contributed by atoms with Crippen molar-refractivity contribution in [2.75, 3.05) is 7.11 Å². The number of phenols is 2. The van der Waals surface area contributed by atoms with Crippen LogP contribution in [0.1, 0.15) is 30.4 Å². The van der Waals surface area contributed by atoms with Crippen LogP contribution in [0.2, 0.25) is 0 Å². The first kappa shape index (κ1) is 18.3. The zero-order valence-corrected chi connectivity index (χ0v) is 13.4. The molecule has 0 atom stereocenters. The van der Waals surface area contributed by atoms with Gasteiger partial charge < -0.3 is 14.9 Å². The summed E-state index contributed by atoms with van der Waals surface area (Å²) in [4.78, 5) is 9.84. The minimum atomic E-state index is -0.394. The van der Waals surface area contributed by atoms with Gasteiger partial charge in [0, 0.05) is 12.0 Å². The predicted molar refractivity (Wildman–Crippen MR) is 90.6 cm³/mol. The summed E-state index contributed by atoms with van der Waals surface area (Å²) in [6.45, 7) is 5.29. The maximum absolute atomic E-state index is 9.84. The van der Waals surface area contributed by atoms with Gasteiger partial charge in [0.25, 0.3) is 0 Å². The molecule has 0 unspecified atom stereocenters. The van der Waals surface area contributed by atoms with E-state index in [1.165, 1.54) is 18.2 Å². The standard InChI is InChI=1S/C15H16O2.C4H6O2/c1-2-15(11-3-7-13(16)8-4-11)12-5-9-14(17)10-6-12;1-3-4(5)6-2/h3-10,15-17H,2H2,1H3;3H,1H2,2H3. The summed E-state index contributed by atoms with van der Waals surface area (Å²) in [5.41, 5.74) is 2.35. The molecular formula is C19H22O4. The summed E-state index contributed by atoms with van der Waals surface area (Å²) in [6, 6.07) is 14.6. The lowest BCUT2D eigenvalue weighted by Crippen LogP contribution is -1.98. The Morgan fingerprint density at radius 3 is 1.65 bits per heavy atom. The number of rotatable bonds is 4. The Morgan fingerprint density at radius 1 is 1.04 bits per heavy atom. The molecule has 0 saturated heterocycles. The molecule has 0 heterocycles. The van der Waals surface area contributed by atoms with Crippen molar-refractivity contribution < 1.29 is 19.7 Å². The maximum Gasteiger partial charge on any atom is 0.329 e. The van der Waals surface area contributed by atoms with E-state index in [1.807, 2.05) is 24.3 Å². The van der Waals surface area contributed by atoms with E-state index >= 15 is 0 Å². The van der Waals surface area contributed by atoms with E-state index in [1.54, 1.807) is 24.3 Å². The highest BCUT2D eigenvalue weighted by Gasteiger charge is 2.11. The zero-order chi connectivity index (χ0) is 17.2. The summed E-state index contributed by atoms with van der Waals surface area (Å²) >= 11 is 0. The average Bonchev–Trinajstić information content (AvgIpc) is 2.58. The lowest BCUT2D eigenvalue weighted by atomic mass is 9.89. The highest BCUT2D eigenvalue weighted by molar-refractivity contribution is 5.80. The largest absolute Gasteiger partial charge is 0.508 e. The van der Waals surface area contributed by atoms with E-state index in [9.17, 15) is 15.0 Å². The second-order valence-corrected chi connectivity index (χ2v) is 4.87. The molecule has 2 aromatic rings. The van der Waals surface area contributed by atoms with Crippen molar-refractivity contribution in [3.8, 4) is 11.5 Å². The summed E-state index contributed by atoms with van der Waals surface area (Å²) in [5.74, 6) is 0.481. The third-order valence-electron chi connectivity index (χ3n) is 3.37.